The van der Waals surface area contributed by atoms with Crippen LogP contribution in [0.25, 0.3) is 22.4 Å². The maximum atomic E-state index is 14.6. The third-order valence-corrected chi connectivity index (χ3v) is 4.89. The predicted octanol–water partition coefficient (Wildman–Crippen LogP) is 6.41. The Balaban J connectivity index is 1.99. The minimum Gasteiger partial charge on any atom is -0.336 e. The van der Waals surface area contributed by atoms with Gasteiger partial charge in [-0.1, -0.05) is 29.7 Å². The molecule has 0 bridgehead atoms. The molecule has 4 aromatic rings. The van der Waals surface area contributed by atoms with Gasteiger partial charge in [0.2, 0.25) is 11.8 Å². The first-order chi connectivity index (χ1) is 15.0. The SMILES string of the molecule is CCC(=O)N(c1cccc(Cl)c1)c1onc(-c2ccc(F)cc2F)c1-c1ccncc1. The first-order valence-corrected chi connectivity index (χ1v) is 9.81. The van der Waals surface area contributed by atoms with E-state index in [0.717, 1.165) is 12.1 Å². The van der Waals surface area contributed by atoms with Crippen LogP contribution in [0, 0.1) is 11.6 Å². The van der Waals surface area contributed by atoms with Gasteiger partial charge in [0.1, 0.15) is 17.3 Å². The van der Waals surface area contributed by atoms with Crippen LogP contribution in [0.2, 0.25) is 5.02 Å². The third-order valence-electron chi connectivity index (χ3n) is 4.65. The lowest BCUT2D eigenvalue weighted by Crippen LogP contribution is -2.25. The van der Waals surface area contributed by atoms with Gasteiger partial charge in [0.05, 0.1) is 11.3 Å². The number of anilines is 2. The van der Waals surface area contributed by atoms with Crippen molar-refractivity contribution in [1.29, 1.82) is 0 Å². The first kappa shape index (κ1) is 20.7. The van der Waals surface area contributed by atoms with E-state index < -0.39 is 11.6 Å². The minimum atomic E-state index is -0.800. The fourth-order valence-corrected chi connectivity index (χ4v) is 3.41. The minimum absolute atomic E-state index is 0.0400. The fourth-order valence-electron chi connectivity index (χ4n) is 3.23. The van der Waals surface area contributed by atoms with Gasteiger partial charge in [0.25, 0.3) is 0 Å². The molecule has 0 fully saturated rings. The maximum Gasteiger partial charge on any atom is 0.247 e. The van der Waals surface area contributed by atoms with Crippen molar-refractivity contribution in [3.63, 3.8) is 0 Å². The number of hydrogen-bond acceptors (Lipinski definition) is 4. The Bertz CT molecular complexity index is 1240. The van der Waals surface area contributed by atoms with E-state index in [-0.39, 0.29) is 29.5 Å². The quantitative estimate of drug-likeness (QED) is 0.360. The lowest BCUT2D eigenvalue weighted by atomic mass is 10.0. The van der Waals surface area contributed by atoms with Crippen LogP contribution in [-0.4, -0.2) is 16.0 Å². The van der Waals surface area contributed by atoms with Crippen molar-refractivity contribution in [2.45, 2.75) is 13.3 Å². The number of amides is 1. The van der Waals surface area contributed by atoms with E-state index in [1.54, 1.807) is 55.7 Å². The second-order valence-electron chi connectivity index (χ2n) is 6.63. The standard InChI is InChI=1S/C23H16ClF2N3O2/c1-2-20(30)29(17-5-3-4-15(24)12-17)23-21(14-8-10-27-11-9-14)22(28-31-23)18-7-6-16(25)13-19(18)26/h3-13H,2H2,1H3. The van der Waals surface area contributed by atoms with Crippen LogP contribution in [0.1, 0.15) is 13.3 Å². The van der Waals surface area contributed by atoms with Crippen molar-refractivity contribution in [1.82, 2.24) is 10.1 Å². The highest BCUT2D eigenvalue weighted by molar-refractivity contribution is 6.31. The number of benzene rings is 2. The van der Waals surface area contributed by atoms with Gasteiger partial charge in [-0.05, 0) is 48.0 Å². The van der Waals surface area contributed by atoms with E-state index in [1.807, 2.05) is 0 Å². The summed E-state index contributed by atoms with van der Waals surface area (Å²) in [5.74, 6) is -1.69. The molecule has 0 spiro atoms. The maximum absolute atomic E-state index is 14.6. The number of pyridine rings is 1. The summed E-state index contributed by atoms with van der Waals surface area (Å²) in [5, 5.41) is 4.49. The molecular formula is C23H16ClF2N3O2. The molecule has 31 heavy (non-hydrogen) atoms. The number of hydrogen-bond donors (Lipinski definition) is 0. The summed E-state index contributed by atoms with van der Waals surface area (Å²) in [6, 6.07) is 13.3. The van der Waals surface area contributed by atoms with Crippen molar-refractivity contribution >= 4 is 29.1 Å². The number of rotatable bonds is 5. The van der Waals surface area contributed by atoms with E-state index in [0.29, 0.717) is 21.8 Å². The zero-order chi connectivity index (χ0) is 22.0. The largest absolute Gasteiger partial charge is 0.336 e. The van der Waals surface area contributed by atoms with Gasteiger partial charge in [-0.15, -0.1) is 0 Å². The van der Waals surface area contributed by atoms with Gasteiger partial charge in [0, 0.05) is 35.5 Å². The van der Waals surface area contributed by atoms with E-state index in [2.05, 4.69) is 10.1 Å². The summed E-state index contributed by atoms with van der Waals surface area (Å²) in [6.07, 6.45) is 3.29. The number of halogens is 3. The molecule has 0 radical (unpaired) electrons. The third kappa shape index (κ3) is 4.04. The molecule has 1 amide bonds. The second-order valence-corrected chi connectivity index (χ2v) is 7.07. The molecule has 0 unspecified atom stereocenters. The summed E-state index contributed by atoms with van der Waals surface area (Å²) in [5.41, 5.74) is 1.61. The summed E-state index contributed by atoms with van der Waals surface area (Å²) >= 11 is 6.14. The van der Waals surface area contributed by atoms with Gasteiger partial charge >= 0.3 is 0 Å². The molecular weight excluding hydrogens is 424 g/mol. The van der Waals surface area contributed by atoms with Crippen LogP contribution in [0.3, 0.4) is 0 Å². The molecule has 4 rings (SSSR count). The molecule has 8 heteroatoms. The van der Waals surface area contributed by atoms with E-state index in [9.17, 15) is 13.6 Å². The molecule has 0 aliphatic heterocycles. The van der Waals surface area contributed by atoms with Gasteiger partial charge in [-0.25, -0.2) is 13.7 Å². The molecule has 0 atom stereocenters. The van der Waals surface area contributed by atoms with Gasteiger partial charge in [0.15, 0.2) is 0 Å². The van der Waals surface area contributed by atoms with E-state index in [4.69, 9.17) is 16.1 Å². The smallest absolute Gasteiger partial charge is 0.247 e. The normalized spacial score (nSPS) is 10.8. The monoisotopic (exact) mass is 439 g/mol. The highest BCUT2D eigenvalue weighted by Crippen LogP contribution is 2.43. The van der Waals surface area contributed by atoms with Crippen LogP contribution in [0.5, 0.6) is 0 Å². The number of carbonyl (C=O) groups excluding carboxylic acids is 1. The average molecular weight is 440 g/mol. The van der Waals surface area contributed by atoms with Crippen LogP contribution < -0.4 is 4.90 Å². The highest BCUT2D eigenvalue weighted by atomic mass is 35.5. The Hall–Kier alpha value is -3.58. The number of aromatic nitrogens is 2. The Kier molecular flexibility index (Phi) is 5.77. The lowest BCUT2D eigenvalue weighted by Gasteiger charge is -2.21. The van der Waals surface area contributed by atoms with Crippen molar-refractivity contribution in [3.05, 3.63) is 83.6 Å². The molecule has 0 N–H and O–H groups in total. The van der Waals surface area contributed by atoms with Crippen molar-refractivity contribution < 1.29 is 18.1 Å². The Labute approximate surface area is 181 Å². The Morgan fingerprint density at radius 1 is 1.10 bits per heavy atom. The van der Waals surface area contributed by atoms with Crippen molar-refractivity contribution in [3.8, 4) is 22.4 Å². The first-order valence-electron chi connectivity index (χ1n) is 9.43. The summed E-state index contributed by atoms with van der Waals surface area (Å²) in [7, 11) is 0. The molecule has 2 heterocycles. The van der Waals surface area contributed by atoms with Crippen LogP contribution in [0.4, 0.5) is 20.4 Å². The number of carbonyl (C=O) groups is 1. The molecule has 156 valence electrons. The Morgan fingerprint density at radius 3 is 2.55 bits per heavy atom. The fraction of sp³-hybridized carbons (Fsp3) is 0.0870. The van der Waals surface area contributed by atoms with Gasteiger partial charge < -0.3 is 4.52 Å². The molecule has 2 aromatic carbocycles. The molecule has 2 aromatic heterocycles. The lowest BCUT2D eigenvalue weighted by molar-refractivity contribution is -0.117. The van der Waals surface area contributed by atoms with E-state index in [1.165, 1.54) is 11.0 Å². The molecule has 0 saturated carbocycles. The molecule has 5 nitrogen and oxygen atoms in total. The van der Waals surface area contributed by atoms with Crippen LogP contribution in [0.15, 0.2) is 71.5 Å². The molecule has 0 aliphatic rings. The number of nitrogens with zero attached hydrogens (tertiary/aromatic N) is 3. The van der Waals surface area contributed by atoms with Gasteiger partial charge in [-0.3, -0.25) is 9.78 Å². The summed E-state index contributed by atoms with van der Waals surface area (Å²) in [4.78, 5) is 18.3. The predicted molar refractivity (Wildman–Crippen MR) is 114 cm³/mol. The average Bonchev–Trinajstić information content (AvgIpc) is 3.18. The van der Waals surface area contributed by atoms with Crippen LogP contribution >= 0.6 is 11.6 Å². The zero-order valence-electron chi connectivity index (χ0n) is 16.3. The molecule has 0 aliphatic carbocycles. The van der Waals surface area contributed by atoms with Crippen molar-refractivity contribution in [2.75, 3.05) is 4.90 Å². The summed E-state index contributed by atoms with van der Waals surface area (Å²) in [6.45, 7) is 1.71. The van der Waals surface area contributed by atoms with E-state index >= 15 is 0 Å². The summed E-state index contributed by atoms with van der Waals surface area (Å²) < 4.78 is 33.7. The van der Waals surface area contributed by atoms with Crippen LogP contribution in [-0.2, 0) is 4.79 Å². The topological polar surface area (TPSA) is 59.2 Å². The second kappa shape index (κ2) is 8.65. The van der Waals surface area contributed by atoms with Crippen molar-refractivity contribution in [2.24, 2.45) is 0 Å². The highest BCUT2D eigenvalue weighted by Gasteiger charge is 2.29. The molecule has 0 saturated heterocycles. The zero-order valence-corrected chi connectivity index (χ0v) is 17.1. The van der Waals surface area contributed by atoms with Gasteiger partial charge in [-0.2, -0.15) is 0 Å². The Morgan fingerprint density at radius 2 is 1.87 bits per heavy atom.